The fraction of sp³-hybridized carbons (Fsp3) is 0.688. The molecule has 3 rings (SSSR count). The number of hydrogen-bond donors (Lipinski definition) is 1. The van der Waals surface area contributed by atoms with Crippen LogP contribution in [0.2, 0.25) is 0 Å². The van der Waals surface area contributed by atoms with E-state index in [0.717, 1.165) is 30.7 Å². The second kappa shape index (κ2) is 6.74. The van der Waals surface area contributed by atoms with Gasteiger partial charge in [-0.1, -0.05) is 6.92 Å². The Kier molecular flexibility index (Phi) is 5.01. The van der Waals surface area contributed by atoms with E-state index in [1.165, 1.54) is 15.6 Å². The highest BCUT2D eigenvalue weighted by atomic mass is 32.2. The van der Waals surface area contributed by atoms with E-state index >= 15 is 0 Å². The van der Waals surface area contributed by atoms with Crippen molar-refractivity contribution in [2.45, 2.75) is 36.8 Å². The maximum atomic E-state index is 12.5. The zero-order valence-electron chi connectivity index (χ0n) is 14.0. The number of sulfonamides is 1. The molecule has 2 aliphatic rings. The molecule has 1 atom stereocenters. The van der Waals surface area contributed by atoms with Crippen molar-refractivity contribution in [3.05, 3.63) is 17.0 Å². The molecule has 1 unspecified atom stereocenters. The zero-order valence-corrected chi connectivity index (χ0v) is 15.7. The van der Waals surface area contributed by atoms with Crippen molar-refractivity contribution >= 4 is 27.3 Å². The number of rotatable bonds is 5. The molecule has 0 aliphatic carbocycles. The second-order valence-corrected chi connectivity index (χ2v) is 10.4. The van der Waals surface area contributed by atoms with Gasteiger partial charge in [-0.25, -0.2) is 8.42 Å². The summed E-state index contributed by atoms with van der Waals surface area (Å²) in [6.45, 7) is 5.30. The summed E-state index contributed by atoms with van der Waals surface area (Å²) >= 11 is 1.22. The predicted octanol–water partition coefficient (Wildman–Crippen LogP) is 1.27. The van der Waals surface area contributed by atoms with Crippen LogP contribution in [0.1, 0.15) is 31.1 Å². The van der Waals surface area contributed by atoms with Crippen LogP contribution in [0.15, 0.2) is 16.3 Å². The molecule has 1 amide bonds. The quantitative estimate of drug-likeness (QED) is 0.845. The number of nitrogens with zero attached hydrogens (tertiary/aromatic N) is 2. The molecule has 24 heavy (non-hydrogen) atoms. The van der Waals surface area contributed by atoms with E-state index in [2.05, 4.69) is 6.92 Å². The maximum absolute atomic E-state index is 12.5. The molecule has 2 N–H and O–H groups in total. The number of thiophene rings is 1. The number of hydrogen-bond acceptors (Lipinski definition) is 5. The molecular formula is C16H25N3O3S2. The van der Waals surface area contributed by atoms with Crippen LogP contribution in [-0.2, 0) is 21.2 Å². The van der Waals surface area contributed by atoms with Crippen LogP contribution in [0.5, 0.6) is 0 Å². The second-order valence-electron chi connectivity index (χ2n) is 7.09. The van der Waals surface area contributed by atoms with Crippen molar-refractivity contribution in [2.24, 2.45) is 11.1 Å². The molecule has 0 aromatic carbocycles. The van der Waals surface area contributed by atoms with Crippen molar-refractivity contribution in [1.82, 2.24) is 9.21 Å². The Balaban J connectivity index is 1.65. The summed E-state index contributed by atoms with van der Waals surface area (Å²) in [6, 6.07) is 3.40. The third kappa shape index (κ3) is 3.51. The Morgan fingerprint density at radius 1 is 1.29 bits per heavy atom. The molecule has 0 bridgehead atoms. The summed E-state index contributed by atoms with van der Waals surface area (Å²) < 4.78 is 27.0. The maximum Gasteiger partial charge on any atom is 0.252 e. The fourth-order valence-electron chi connectivity index (χ4n) is 3.31. The molecule has 1 aromatic rings. The van der Waals surface area contributed by atoms with E-state index < -0.39 is 10.0 Å². The van der Waals surface area contributed by atoms with Crippen molar-refractivity contribution in [3.63, 3.8) is 0 Å². The molecule has 0 spiro atoms. The number of carbonyl (C=O) groups is 1. The van der Waals surface area contributed by atoms with Gasteiger partial charge in [-0.3, -0.25) is 4.79 Å². The van der Waals surface area contributed by atoms with E-state index in [9.17, 15) is 13.2 Å². The SMILES string of the molecule is CC1(CN)CCN(C(=O)Cc2ccc(S(=O)(=O)N3CCCC3)s2)C1. The average Bonchev–Trinajstić information content (AvgIpc) is 3.28. The Hall–Kier alpha value is -0.960. The molecule has 1 aromatic heterocycles. The van der Waals surface area contributed by atoms with Gasteiger partial charge in [0.05, 0.1) is 6.42 Å². The third-order valence-corrected chi connectivity index (χ3v) is 8.48. The summed E-state index contributed by atoms with van der Waals surface area (Å²) in [5.41, 5.74) is 5.80. The Morgan fingerprint density at radius 2 is 2.00 bits per heavy atom. The van der Waals surface area contributed by atoms with Crippen molar-refractivity contribution in [1.29, 1.82) is 0 Å². The van der Waals surface area contributed by atoms with E-state index in [1.807, 2.05) is 4.90 Å². The Bertz CT molecular complexity index is 710. The van der Waals surface area contributed by atoms with Crippen molar-refractivity contribution < 1.29 is 13.2 Å². The van der Waals surface area contributed by atoms with Crippen LogP contribution in [0.3, 0.4) is 0 Å². The first-order valence-electron chi connectivity index (χ1n) is 8.41. The minimum Gasteiger partial charge on any atom is -0.342 e. The standard InChI is InChI=1S/C16H25N3O3S2/c1-16(11-17)6-9-18(12-16)14(20)10-13-4-5-15(23-13)24(21,22)19-7-2-3-8-19/h4-5H,2-3,6-12,17H2,1H3. The first kappa shape index (κ1) is 17.8. The first-order chi connectivity index (χ1) is 11.3. The molecule has 2 aliphatic heterocycles. The van der Waals surface area contributed by atoms with Gasteiger partial charge >= 0.3 is 0 Å². The Morgan fingerprint density at radius 3 is 2.62 bits per heavy atom. The highest BCUT2D eigenvalue weighted by Gasteiger charge is 2.35. The first-order valence-corrected chi connectivity index (χ1v) is 10.7. The molecule has 2 saturated heterocycles. The summed E-state index contributed by atoms with van der Waals surface area (Å²) in [7, 11) is -3.38. The molecule has 0 radical (unpaired) electrons. The number of nitrogens with two attached hydrogens (primary N) is 1. The third-order valence-electron chi connectivity index (χ3n) is 5.02. The summed E-state index contributed by atoms with van der Waals surface area (Å²) in [6.07, 6.45) is 3.03. The fourth-order valence-corrected chi connectivity index (χ4v) is 6.33. The van der Waals surface area contributed by atoms with Crippen LogP contribution < -0.4 is 5.73 Å². The van der Waals surface area contributed by atoms with Crippen LogP contribution in [-0.4, -0.2) is 56.3 Å². The highest BCUT2D eigenvalue weighted by molar-refractivity contribution is 7.91. The average molecular weight is 372 g/mol. The summed E-state index contributed by atoms with van der Waals surface area (Å²) in [5, 5.41) is 0. The van der Waals surface area contributed by atoms with E-state index in [4.69, 9.17) is 5.73 Å². The lowest BCUT2D eigenvalue weighted by molar-refractivity contribution is -0.129. The smallest absolute Gasteiger partial charge is 0.252 e. The number of likely N-dealkylation sites (tertiary alicyclic amines) is 1. The van der Waals surface area contributed by atoms with Gasteiger partial charge in [0.2, 0.25) is 5.91 Å². The van der Waals surface area contributed by atoms with Gasteiger partial charge in [0.25, 0.3) is 10.0 Å². The predicted molar refractivity (Wildman–Crippen MR) is 94.4 cm³/mol. The highest BCUT2D eigenvalue weighted by Crippen LogP contribution is 2.31. The topological polar surface area (TPSA) is 83.7 Å². The largest absolute Gasteiger partial charge is 0.342 e. The van der Waals surface area contributed by atoms with Crippen LogP contribution in [0.4, 0.5) is 0 Å². The molecule has 134 valence electrons. The zero-order chi connectivity index (χ0) is 17.4. The number of carbonyl (C=O) groups excluding carboxylic acids is 1. The normalized spacial score (nSPS) is 25.5. The minimum absolute atomic E-state index is 0.00929. The van der Waals surface area contributed by atoms with E-state index in [0.29, 0.717) is 30.4 Å². The van der Waals surface area contributed by atoms with Gasteiger partial charge in [-0.2, -0.15) is 4.31 Å². The summed E-state index contributed by atoms with van der Waals surface area (Å²) in [4.78, 5) is 15.1. The van der Waals surface area contributed by atoms with E-state index in [1.54, 1.807) is 12.1 Å². The van der Waals surface area contributed by atoms with Crippen LogP contribution >= 0.6 is 11.3 Å². The van der Waals surface area contributed by atoms with Gasteiger partial charge in [-0.05, 0) is 43.4 Å². The van der Waals surface area contributed by atoms with Gasteiger partial charge < -0.3 is 10.6 Å². The Labute approximate surface area is 147 Å². The molecule has 3 heterocycles. The van der Waals surface area contributed by atoms with Crippen molar-refractivity contribution in [3.8, 4) is 0 Å². The summed E-state index contributed by atoms with van der Waals surface area (Å²) in [5.74, 6) is 0.0548. The monoisotopic (exact) mass is 371 g/mol. The lowest BCUT2D eigenvalue weighted by Crippen LogP contribution is -2.35. The molecule has 2 fully saturated rings. The molecular weight excluding hydrogens is 346 g/mol. The minimum atomic E-state index is -3.38. The van der Waals surface area contributed by atoms with Gasteiger partial charge in [0, 0.05) is 31.1 Å². The molecule has 6 nitrogen and oxygen atoms in total. The lowest BCUT2D eigenvalue weighted by atomic mass is 9.90. The van der Waals surface area contributed by atoms with Gasteiger partial charge in [0.15, 0.2) is 0 Å². The van der Waals surface area contributed by atoms with Crippen LogP contribution in [0, 0.1) is 5.41 Å². The lowest BCUT2D eigenvalue weighted by Gasteiger charge is -2.22. The van der Waals surface area contributed by atoms with Gasteiger partial charge in [-0.15, -0.1) is 11.3 Å². The van der Waals surface area contributed by atoms with Crippen molar-refractivity contribution in [2.75, 3.05) is 32.7 Å². The number of amides is 1. The van der Waals surface area contributed by atoms with Gasteiger partial charge in [0.1, 0.15) is 4.21 Å². The van der Waals surface area contributed by atoms with Crippen LogP contribution in [0.25, 0.3) is 0 Å². The van der Waals surface area contributed by atoms with E-state index in [-0.39, 0.29) is 17.7 Å². The molecule has 8 heteroatoms. The molecule has 0 saturated carbocycles.